The molecule has 1 aliphatic rings. The highest BCUT2D eigenvalue weighted by atomic mass is 35.5. The number of methoxy groups -OCH3 is 1. The maximum absolute atomic E-state index is 13.5. The van der Waals surface area contributed by atoms with Crippen molar-refractivity contribution in [3.05, 3.63) is 47.5 Å². The van der Waals surface area contributed by atoms with Gasteiger partial charge in [0.05, 0.1) is 29.3 Å². The van der Waals surface area contributed by atoms with E-state index in [1.54, 1.807) is 25.3 Å². The van der Waals surface area contributed by atoms with Gasteiger partial charge in [-0.2, -0.15) is 0 Å². The molecule has 3 aromatic rings. The molecule has 11 heteroatoms. The van der Waals surface area contributed by atoms with Crippen LogP contribution in [-0.2, 0) is 10.0 Å². The average molecular weight is 481 g/mol. The molecule has 0 unspecified atom stereocenters. The third-order valence-corrected chi connectivity index (χ3v) is 6.85. The molecule has 8 nitrogen and oxygen atoms in total. The summed E-state index contributed by atoms with van der Waals surface area (Å²) in [7, 11) is -1.67. The van der Waals surface area contributed by atoms with Crippen molar-refractivity contribution < 1.29 is 22.3 Å². The summed E-state index contributed by atoms with van der Waals surface area (Å²) in [6, 6.07) is 7.80. The molecule has 0 atom stereocenters. The van der Waals surface area contributed by atoms with E-state index in [0.29, 0.717) is 59.8 Å². The maximum atomic E-state index is 13.5. The number of fused-ring (bicyclic) bond motifs is 1. The average Bonchev–Trinajstić information content (AvgIpc) is 2.76. The Morgan fingerprint density at radius 2 is 1.94 bits per heavy atom. The fourth-order valence-electron chi connectivity index (χ4n) is 3.61. The number of aromatic nitrogens is 2. The SMILES string of the molecule is COc1cc(OC2CCN(S(C)(=O)=O)CC2)c2c(Nc3ccc(F)c(Cl)c3)ncnc2c1. The van der Waals surface area contributed by atoms with E-state index < -0.39 is 15.8 Å². The Bertz CT molecular complexity index is 1250. The van der Waals surface area contributed by atoms with Crippen LogP contribution in [0.1, 0.15) is 12.8 Å². The van der Waals surface area contributed by atoms with Gasteiger partial charge in [0.25, 0.3) is 0 Å². The van der Waals surface area contributed by atoms with Gasteiger partial charge in [-0.05, 0) is 31.0 Å². The Morgan fingerprint density at radius 3 is 2.59 bits per heavy atom. The minimum atomic E-state index is -3.23. The molecule has 1 fully saturated rings. The standard InChI is InChI=1S/C21H22ClFN4O4S/c1-30-15-10-18-20(19(11-15)31-14-5-7-27(8-6-14)32(2,28)29)21(25-12-24-18)26-13-3-4-17(23)16(22)9-13/h3-4,9-12,14H,5-8H2,1-2H3,(H,24,25,26). The number of nitrogens with one attached hydrogen (secondary N) is 1. The molecule has 1 aromatic heterocycles. The Labute approximate surface area is 190 Å². The van der Waals surface area contributed by atoms with Gasteiger partial charge in [0.15, 0.2) is 0 Å². The van der Waals surface area contributed by atoms with Crippen LogP contribution in [0.2, 0.25) is 5.02 Å². The van der Waals surface area contributed by atoms with E-state index in [1.165, 1.54) is 29.0 Å². The van der Waals surface area contributed by atoms with E-state index in [-0.39, 0.29) is 11.1 Å². The fourth-order valence-corrected chi connectivity index (χ4v) is 4.66. The van der Waals surface area contributed by atoms with E-state index in [4.69, 9.17) is 21.1 Å². The lowest BCUT2D eigenvalue weighted by molar-refractivity contribution is 0.137. The topological polar surface area (TPSA) is 93.7 Å². The molecule has 0 saturated carbocycles. The Balaban J connectivity index is 1.67. The van der Waals surface area contributed by atoms with Crippen LogP contribution in [0.25, 0.3) is 10.9 Å². The normalized spacial score (nSPS) is 15.6. The van der Waals surface area contributed by atoms with E-state index in [1.807, 2.05) is 0 Å². The molecule has 0 aliphatic carbocycles. The van der Waals surface area contributed by atoms with E-state index >= 15 is 0 Å². The van der Waals surface area contributed by atoms with Crippen LogP contribution in [0.3, 0.4) is 0 Å². The zero-order valence-corrected chi connectivity index (χ0v) is 19.1. The molecule has 4 rings (SSSR count). The van der Waals surface area contributed by atoms with Crippen LogP contribution in [0.4, 0.5) is 15.9 Å². The molecule has 0 bridgehead atoms. The molecule has 170 valence electrons. The minimum absolute atomic E-state index is 0.0101. The van der Waals surface area contributed by atoms with Crippen molar-refractivity contribution in [3.63, 3.8) is 0 Å². The number of sulfonamides is 1. The number of halogens is 2. The number of hydrogen-bond donors (Lipinski definition) is 1. The molecule has 0 amide bonds. The molecular weight excluding hydrogens is 459 g/mol. The van der Waals surface area contributed by atoms with E-state index in [2.05, 4.69) is 15.3 Å². The third kappa shape index (κ3) is 4.87. The Morgan fingerprint density at radius 1 is 1.19 bits per heavy atom. The van der Waals surface area contributed by atoms with E-state index in [0.717, 1.165) is 0 Å². The summed E-state index contributed by atoms with van der Waals surface area (Å²) in [5.41, 5.74) is 1.15. The van der Waals surface area contributed by atoms with E-state index in [9.17, 15) is 12.8 Å². The van der Waals surface area contributed by atoms with Crippen LogP contribution in [-0.4, -0.2) is 55.3 Å². The lowest BCUT2D eigenvalue weighted by Gasteiger charge is -2.30. The van der Waals surface area contributed by atoms with Gasteiger partial charge in [0.2, 0.25) is 10.0 Å². The molecular formula is C21H22ClFN4O4S. The lowest BCUT2D eigenvalue weighted by atomic mass is 10.1. The summed E-state index contributed by atoms with van der Waals surface area (Å²) in [5.74, 6) is 1.02. The monoisotopic (exact) mass is 480 g/mol. The van der Waals surface area contributed by atoms with Crippen LogP contribution in [0, 0.1) is 5.82 Å². The Kier molecular flexibility index (Phi) is 6.36. The van der Waals surface area contributed by atoms with Gasteiger partial charge >= 0.3 is 0 Å². The van der Waals surface area contributed by atoms with Crippen molar-refractivity contribution in [1.82, 2.24) is 14.3 Å². The van der Waals surface area contributed by atoms with Gasteiger partial charge in [0, 0.05) is 30.9 Å². The smallest absolute Gasteiger partial charge is 0.211 e. The first-order chi connectivity index (χ1) is 15.2. The van der Waals surface area contributed by atoms with Gasteiger partial charge in [-0.15, -0.1) is 0 Å². The highest BCUT2D eigenvalue weighted by molar-refractivity contribution is 7.88. The number of piperidine rings is 1. The molecule has 2 heterocycles. The maximum Gasteiger partial charge on any atom is 0.211 e. The largest absolute Gasteiger partial charge is 0.497 e. The third-order valence-electron chi connectivity index (χ3n) is 5.26. The van der Waals surface area contributed by atoms with Gasteiger partial charge in [-0.25, -0.2) is 27.1 Å². The first-order valence-electron chi connectivity index (χ1n) is 9.91. The summed E-state index contributed by atoms with van der Waals surface area (Å²) < 4.78 is 50.2. The number of rotatable bonds is 6. The quantitative estimate of drug-likeness (QED) is 0.570. The summed E-state index contributed by atoms with van der Waals surface area (Å²) in [4.78, 5) is 8.68. The number of ether oxygens (including phenoxy) is 2. The fraction of sp³-hybridized carbons (Fsp3) is 0.333. The second-order valence-corrected chi connectivity index (χ2v) is 9.86. The van der Waals surface area contributed by atoms with Gasteiger partial charge in [-0.3, -0.25) is 0 Å². The second kappa shape index (κ2) is 9.05. The van der Waals surface area contributed by atoms with Crippen LogP contribution >= 0.6 is 11.6 Å². The van der Waals surface area contributed by atoms with Gasteiger partial charge in [-0.1, -0.05) is 11.6 Å². The molecule has 0 spiro atoms. The predicted octanol–water partition coefficient (Wildman–Crippen LogP) is 3.98. The summed E-state index contributed by atoms with van der Waals surface area (Å²) in [6.45, 7) is 0.780. The zero-order chi connectivity index (χ0) is 22.9. The Hall–Kier alpha value is -2.69. The second-order valence-electron chi connectivity index (χ2n) is 7.48. The van der Waals surface area contributed by atoms with Crippen molar-refractivity contribution in [2.24, 2.45) is 0 Å². The molecule has 1 N–H and O–H groups in total. The highest BCUT2D eigenvalue weighted by Crippen LogP contribution is 2.37. The van der Waals surface area contributed by atoms with Crippen LogP contribution in [0.5, 0.6) is 11.5 Å². The van der Waals surface area contributed by atoms with Crippen molar-refractivity contribution in [2.75, 3.05) is 31.8 Å². The number of anilines is 2. The van der Waals surface area contributed by atoms with Gasteiger partial charge < -0.3 is 14.8 Å². The zero-order valence-electron chi connectivity index (χ0n) is 17.5. The van der Waals surface area contributed by atoms with Crippen molar-refractivity contribution in [1.29, 1.82) is 0 Å². The lowest BCUT2D eigenvalue weighted by Crippen LogP contribution is -2.41. The predicted molar refractivity (Wildman–Crippen MR) is 121 cm³/mol. The first-order valence-corrected chi connectivity index (χ1v) is 12.1. The number of hydrogen-bond acceptors (Lipinski definition) is 7. The van der Waals surface area contributed by atoms with Crippen LogP contribution in [0.15, 0.2) is 36.7 Å². The summed E-state index contributed by atoms with van der Waals surface area (Å²) in [5, 5.41) is 3.76. The molecule has 1 aliphatic heterocycles. The van der Waals surface area contributed by atoms with Gasteiger partial charge in [0.1, 0.15) is 35.6 Å². The minimum Gasteiger partial charge on any atom is -0.497 e. The molecule has 1 saturated heterocycles. The highest BCUT2D eigenvalue weighted by Gasteiger charge is 2.27. The summed E-state index contributed by atoms with van der Waals surface area (Å²) >= 11 is 5.91. The van der Waals surface area contributed by atoms with Crippen molar-refractivity contribution in [3.8, 4) is 11.5 Å². The molecule has 32 heavy (non-hydrogen) atoms. The first kappa shape index (κ1) is 22.5. The van der Waals surface area contributed by atoms with Crippen LogP contribution < -0.4 is 14.8 Å². The number of benzene rings is 2. The number of nitrogens with zero attached hydrogens (tertiary/aromatic N) is 3. The van der Waals surface area contributed by atoms with Crippen molar-refractivity contribution in [2.45, 2.75) is 18.9 Å². The van der Waals surface area contributed by atoms with Crippen molar-refractivity contribution >= 4 is 44.0 Å². The summed E-state index contributed by atoms with van der Waals surface area (Å²) in [6.07, 6.45) is 3.53. The molecule has 2 aromatic carbocycles. The molecule has 0 radical (unpaired) electrons.